The van der Waals surface area contributed by atoms with Crippen LogP contribution in [0.5, 0.6) is 0 Å². The van der Waals surface area contributed by atoms with Crippen molar-refractivity contribution >= 4 is 38.9 Å². The standard InChI is InChI=1S/C19H23ClN4O3S/c1-21-28(26,27)14-7-8-16(20)15(13-14)19(25)22-17-5-3-4-6-18(17)24-11-9-23(2)10-12-24/h3-8,13,21H,9-12H2,1-2H3,(H,22,25). The van der Waals surface area contributed by atoms with Crippen LogP contribution in [-0.2, 0) is 10.0 Å². The van der Waals surface area contributed by atoms with Gasteiger partial charge < -0.3 is 15.1 Å². The van der Waals surface area contributed by atoms with Crippen LogP contribution in [0.4, 0.5) is 11.4 Å². The Morgan fingerprint density at radius 3 is 2.43 bits per heavy atom. The number of benzene rings is 2. The highest BCUT2D eigenvalue weighted by Gasteiger charge is 2.20. The Bertz CT molecular complexity index is 973. The van der Waals surface area contributed by atoms with Crippen LogP contribution in [-0.4, -0.2) is 59.5 Å². The molecule has 0 bridgehead atoms. The third-order valence-electron chi connectivity index (χ3n) is 4.76. The van der Waals surface area contributed by atoms with Crippen molar-refractivity contribution in [3.63, 3.8) is 0 Å². The quantitative estimate of drug-likeness (QED) is 0.772. The van der Waals surface area contributed by atoms with E-state index >= 15 is 0 Å². The van der Waals surface area contributed by atoms with Crippen LogP contribution >= 0.6 is 11.6 Å². The molecule has 0 spiro atoms. The summed E-state index contributed by atoms with van der Waals surface area (Å²) in [5.74, 6) is -0.459. The molecule has 0 aliphatic carbocycles. The first kappa shape index (κ1) is 20.6. The summed E-state index contributed by atoms with van der Waals surface area (Å²) in [6.45, 7) is 3.61. The zero-order valence-corrected chi connectivity index (χ0v) is 17.3. The first-order chi connectivity index (χ1) is 13.3. The molecule has 0 unspecified atom stereocenters. The lowest BCUT2D eigenvalue weighted by Gasteiger charge is -2.35. The summed E-state index contributed by atoms with van der Waals surface area (Å²) in [5.41, 5.74) is 1.69. The van der Waals surface area contributed by atoms with Crippen LogP contribution in [0.25, 0.3) is 0 Å². The second-order valence-corrected chi connectivity index (χ2v) is 8.90. The third kappa shape index (κ3) is 4.47. The summed E-state index contributed by atoms with van der Waals surface area (Å²) in [5, 5.41) is 3.06. The number of para-hydroxylation sites is 2. The van der Waals surface area contributed by atoms with Gasteiger partial charge in [-0.1, -0.05) is 23.7 Å². The topological polar surface area (TPSA) is 81.7 Å². The molecule has 7 nitrogen and oxygen atoms in total. The van der Waals surface area contributed by atoms with Crippen molar-refractivity contribution in [2.24, 2.45) is 0 Å². The summed E-state index contributed by atoms with van der Waals surface area (Å²) < 4.78 is 26.3. The molecular formula is C19H23ClN4O3S. The number of halogens is 1. The van der Waals surface area contributed by atoms with Crippen LogP contribution in [0.15, 0.2) is 47.4 Å². The van der Waals surface area contributed by atoms with Gasteiger partial charge in [0, 0.05) is 26.2 Å². The van der Waals surface area contributed by atoms with Crippen molar-refractivity contribution in [1.29, 1.82) is 0 Å². The number of sulfonamides is 1. The molecule has 28 heavy (non-hydrogen) atoms. The van der Waals surface area contributed by atoms with E-state index in [-0.39, 0.29) is 15.5 Å². The molecule has 150 valence electrons. The van der Waals surface area contributed by atoms with E-state index in [1.165, 1.54) is 25.2 Å². The molecule has 0 aromatic heterocycles. The molecule has 0 atom stereocenters. The molecule has 9 heteroatoms. The number of anilines is 2. The first-order valence-corrected chi connectivity index (χ1v) is 10.7. The molecule has 1 aliphatic rings. The van der Waals surface area contributed by atoms with Gasteiger partial charge in [0.15, 0.2) is 0 Å². The summed E-state index contributed by atoms with van der Waals surface area (Å²) in [4.78, 5) is 17.3. The lowest BCUT2D eigenvalue weighted by molar-refractivity contribution is 0.102. The van der Waals surface area contributed by atoms with Crippen LogP contribution in [0.3, 0.4) is 0 Å². The van der Waals surface area contributed by atoms with Crippen LogP contribution in [0.1, 0.15) is 10.4 Å². The van der Waals surface area contributed by atoms with Gasteiger partial charge in [0.25, 0.3) is 5.91 Å². The SMILES string of the molecule is CNS(=O)(=O)c1ccc(Cl)c(C(=O)Nc2ccccc2N2CCN(C)CC2)c1. The maximum absolute atomic E-state index is 12.9. The molecule has 1 heterocycles. The minimum Gasteiger partial charge on any atom is -0.367 e. The van der Waals surface area contributed by atoms with Gasteiger partial charge in [0.2, 0.25) is 10.0 Å². The lowest BCUT2D eigenvalue weighted by atomic mass is 10.1. The summed E-state index contributed by atoms with van der Waals surface area (Å²) in [6.07, 6.45) is 0. The molecule has 2 aromatic carbocycles. The fraction of sp³-hybridized carbons (Fsp3) is 0.316. The van der Waals surface area contributed by atoms with Crippen molar-refractivity contribution < 1.29 is 13.2 Å². The van der Waals surface area contributed by atoms with E-state index in [4.69, 9.17) is 11.6 Å². The van der Waals surface area contributed by atoms with E-state index in [0.717, 1.165) is 31.9 Å². The minimum atomic E-state index is -3.68. The number of hydrogen-bond acceptors (Lipinski definition) is 5. The van der Waals surface area contributed by atoms with E-state index in [0.29, 0.717) is 5.69 Å². The molecule has 1 saturated heterocycles. The van der Waals surface area contributed by atoms with Crippen molar-refractivity contribution in [1.82, 2.24) is 9.62 Å². The highest BCUT2D eigenvalue weighted by Crippen LogP contribution is 2.28. The van der Waals surface area contributed by atoms with Crippen molar-refractivity contribution in [2.45, 2.75) is 4.90 Å². The predicted molar refractivity (Wildman–Crippen MR) is 112 cm³/mol. The van der Waals surface area contributed by atoms with Gasteiger partial charge in [0.05, 0.1) is 26.9 Å². The molecule has 1 fully saturated rings. The van der Waals surface area contributed by atoms with Crippen LogP contribution in [0, 0.1) is 0 Å². The maximum Gasteiger partial charge on any atom is 0.257 e. The van der Waals surface area contributed by atoms with E-state index in [1.807, 2.05) is 24.3 Å². The van der Waals surface area contributed by atoms with E-state index in [9.17, 15) is 13.2 Å². The second kappa shape index (κ2) is 8.48. The van der Waals surface area contributed by atoms with Gasteiger partial charge in [-0.25, -0.2) is 13.1 Å². The highest BCUT2D eigenvalue weighted by molar-refractivity contribution is 7.89. The fourth-order valence-electron chi connectivity index (χ4n) is 3.06. The molecule has 0 radical (unpaired) electrons. The largest absolute Gasteiger partial charge is 0.367 e. The Morgan fingerprint density at radius 1 is 1.07 bits per heavy atom. The lowest BCUT2D eigenvalue weighted by Crippen LogP contribution is -2.44. The number of nitrogens with one attached hydrogen (secondary N) is 2. The molecule has 2 N–H and O–H groups in total. The Kier molecular flexibility index (Phi) is 6.24. The zero-order valence-electron chi connectivity index (χ0n) is 15.8. The summed E-state index contributed by atoms with van der Waals surface area (Å²) in [6, 6.07) is 11.6. The number of carbonyl (C=O) groups is 1. The van der Waals surface area contributed by atoms with Gasteiger partial charge >= 0.3 is 0 Å². The zero-order chi connectivity index (χ0) is 20.3. The molecular weight excluding hydrogens is 400 g/mol. The van der Waals surface area contributed by atoms with Crippen molar-refractivity contribution in [2.75, 3.05) is 50.5 Å². The monoisotopic (exact) mass is 422 g/mol. The smallest absolute Gasteiger partial charge is 0.257 e. The number of rotatable bonds is 5. The van der Waals surface area contributed by atoms with Gasteiger partial charge in [-0.05, 0) is 44.4 Å². The first-order valence-electron chi connectivity index (χ1n) is 8.89. The highest BCUT2D eigenvalue weighted by atomic mass is 35.5. The Morgan fingerprint density at radius 2 is 1.75 bits per heavy atom. The molecule has 1 aliphatic heterocycles. The molecule has 1 amide bonds. The molecule has 0 saturated carbocycles. The molecule has 3 rings (SSSR count). The number of amides is 1. The number of nitrogens with zero attached hydrogens (tertiary/aromatic N) is 2. The van der Waals surface area contributed by atoms with Crippen molar-refractivity contribution in [3.05, 3.63) is 53.1 Å². The van der Waals surface area contributed by atoms with E-state index in [1.54, 1.807) is 0 Å². The Balaban J connectivity index is 1.87. The number of carbonyl (C=O) groups excluding carboxylic acids is 1. The number of piperazine rings is 1. The van der Waals surface area contributed by atoms with Gasteiger partial charge in [-0.15, -0.1) is 0 Å². The van der Waals surface area contributed by atoms with Crippen LogP contribution < -0.4 is 14.9 Å². The minimum absolute atomic E-state index is 0.0168. The number of hydrogen-bond donors (Lipinski definition) is 2. The number of likely N-dealkylation sites (N-methyl/N-ethyl adjacent to an activating group) is 1. The van der Waals surface area contributed by atoms with E-state index in [2.05, 4.69) is 26.9 Å². The maximum atomic E-state index is 12.9. The average Bonchev–Trinajstić information content (AvgIpc) is 2.69. The van der Waals surface area contributed by atoms with Crippen molar-refractivity contribution in [3.8, 4) is 0 Å². The average molecular weight is 423 g/mol. The molecule has 2 aromatic rings. The Hall–Kier alpha value is -2.13. The predicted octanol–water partition coefficient (Wildman–Crippen LogP) is 2.25. The van der Waals surface area contributed by atoms with Gasteiger partial charge in [-0.2, -0.15) is 0 Å². The fourth-order valence-corrected chi connectivity index (χ4v) is 4.01. The normalized spacial score (nSPS) is 15.5. The van der Waals surface area contributed by atoms with E-state index < -0.39 is 15.9 Å². The Labute approximate surface area is 170 Å². The second-order valence-electron chi connectivity index (χ2n) is 6.61. The van der Waals surface area contributed by atoms with Gasteiger partial charge in [-0.3, -0.25) is 4.79 Å². The summed E-state index contributed by atoms with van der Waals surface area (Å²) in [7, 11) is -0.278. The third-order valence-corrected chi connectivity index (χ3v) is 6.50. The van der Waals surface area contributed by atoms with Gasteiger partial charge in [0.1, 0.15) is 0 Å². The van der Waals surface area contributed by atoms with Crippen LogP contribution in [0.2, 0.25) is 5.02 Å². The summed E-state index contributed by atoms with van der Waals surface area (Å²) >= 11 is 6.16.